The third-order valence-corrected chi connectivity index (χ3v) is 7.21. The Balaban J connectivity index is 1.79. The van der Waals surface area contributed by atoms with Crippen LogP contribution in [0.25, 0.3) is 0 Å². The molecule has 1 aromatic rings. The van der Waals surface area contributed by atoms with Gasteiger partial charge in [0, 0.05) is 6.04 Å². The molecule has 3 rings (SSSR count). The predicted octanol–water partition coefficient (Wildman–Crippen LogP) is 3.72. The molecule has 0 radical (unpaired) electrons. The zero-order chi connectivity index (χ0) is 15.0. The average molecular weight is 307 g/mol. The second kappa shape index (κ2) is 5.64. The van der Waals surface area contributed by atoms with E-state index in [4.69, 9.17) is 0 Å². The summed E-state index contributed by atoms with van der Waals surface area (Å²) in [5.74, 6) is 2.60. The van der Waals surface area contributed by atoms with Gasteiger partial charge in [-0.15, -0.1) is 0 Å². The molecule has 0 amide bonds. The first kappa shape index (κ1) is 14.9. The van der Waals surface area contributed by atoms with Crippen molar-refractivity contribution in [3.05, 3.63) is 24.3 Å². The fraction of sp³-hybridized carbons (Fsp3) is 0.647. The van der Waals surface area contributed by atoms with E-state index >= 15 is 0 Å². The third kappa shape index (κ3) is 2.83. The van der Waals surface area contributed by atoms with Crippen LogP contribution in [0, 0.1) is 17.8 Å². The quantitative estimate of drug-likeness (QED) is 0.902. The first-order valence-corrected chi connectivity index (χ1v) is 9.75. The van der Waals surface area contributed by atoms with Crippen LogP contribution in [0.1, 0.15) is 39.5 Å². The number of para-hydroxylation sites is 1. The molecule has 2 fully saturated rings. The van der Waals surface area contributed by atoms with Gasteiger partial charge in [0.05, 0.1) is 16.3 Å². The van der Waals surface area contributed by atoms with Crippen molar-refractivity contribution in [1.82, 2.24) is 0 Å². The van der Waals surface area contributed by atoms with Crippen molar-refractivity contribution in [2.24, 2.45) is 17.8 Å². The highest BCUT2D eigenvalue weighted by atomic mass is 32.2. The Labute approximate surface area is 128 Å². The minimum atomic E-state index is -3.17. The normalized spacial score (nSPS) is 29.5. The van der Waals surface area contributed by atoms with E-state index in [1.165, 1.54) is 25.7 Å². The maximum Gasteiger partial charge on any atom is 0.180 e. The summed E-state index contributed by atoms with van der Waals surface area (Å²) in [5, 5.41) is 3.50. The van der Waals surface area contributed by atoms with Gasteiger partial charge in [-0.1, -0.05) is 25.5 Å². The lowest BCUT2D eigenvalue weighted by Crippen LogP contribution is -2.30. The van der Waals surface area contributed by atoms with E-state index in [0.717, 1.165) is 17.5 Å². The van der Waals surface area contributed by atoms with Crippen LogP contribution in [0.4, 0.5) is 5.69 Å². The lowest BCUT2D eigenvalue weighted by Gasteiger charge is -2.29. The molecule has 0 aromatic heterocycles. The summed E-state index contributed by atoms with van der Waals surface area (Å²) < 4.78 is 24.4. The molecule has 2 aliphatic carbocycles. The molecule has 0 saturated heterocycles. The van der Waals surface area contributed by atoms with Gasteiger partial charge in [0.1, 0.15) is 0 Å². The summed E-state index contributed by atoms with van der Waals surface area (Å²) in [7, 11) is -3.17. The van der Waals surface area contributed by atoms with Crippen LogP contribution in [-0.4, -0.2) is 20.2 Å². The van der Waals surface area contributed by atoms with Crippen LogP contribution >= 0.6 is 0 Å². The smallest absolute Gasteiger partial charge is 0.180 e. The van der Waals surface area contributed by atoms with Crippen LogP contribution in [0.15, 0.2) is 29.2 Å². The second-order valence-corrected chi connectivity index (χ2v) is 8.92. The Morgan fingerprint density at radius 1 is 1.24 bits per heavy atom. The molecule has 4 unspecified atom stereocenters. The largest absolute Gasteiger partial charge is 0.381 e. The first-order chi connectivity index (χ1) is 10.0. The van der Waals surface area contributed by atoms with E-state index < -0.39 is 9.84 Å². The molecular weight excluding hydrogens is 282 g/mol. The van der Waals surface area contributed by atoms with Crippen molar-refractivity contribution >= 4 is 15.5 Å². The fourth-order valence-corrected chi connectivity index (χ4v) is 5.33. The van der Waals surface area contributed by atoms with E-state index in [1.807, 2.05) is 12.1 Å². The molecule has 4 heteroatoms. The van der Waals surface area contributed by atoms with Gasteiger partial charge in [-0.05, 0) is 56.1 Å². The number of benzene rings is 1. The van der Waals surface area contributed by atoms with E-state index in [0.29, 0.717) is 16.9 Å². The lowest BCUT2D eigenvalue weighted by atomic mass is 9.84. The maximum absolute atomic E-state index is 12.2. The van der Waals surface area contributed by atoms with Gasteiger partial charge in [-0.2, -0.15) is 0 Å². The molecular formula is C17H25NO2S. The average Bonchev–Trinajstić information content (AvgIpc) is 3.10. The summed E-state index contributed by atoms with van der Waals surface area (Å²) in [6, 6.07) is 7.66. The number of hydrogen-bond acceptors (Lipinski definition) is 3. The molecule has 3 nitrogen and oxygen atoms in total. The summed E-state index contributed by atoms with van der Waals surface area (Å²) >= 11 is 0. The molecule has 2 saturated carbocycles. The second-order valence-electron chi connectivity index (χ2n) is 6.67. The monoisotopic (exact) mass is 307 g/mol. The standard InChI is InChI=1S/C17H25NO2S/c1-3-21(19,20)17-7-5-4-6-16(17)18-12(2)15-11-13-8-9-14(15)10-13/h4-7,12-15,18H,3,8-11H2,1-2H3. The molecule has 0 heterocycles. The van der Waals surface area contributed by atoms with Crippen molar-refractivity contribution in [1.29, 1.82) is 0 Å². The predicted molar refractivity (Wildman–Crippen MR) is 86.2 cm³/mol. The van der Waals surface area contributed by atoms with Crippen LogP contribution in [-0.2, 0) is 9.84 Å². The highest BCUT2D eigenvalue weighted by molar-refractivity contribution is 7.91. The molecule has 0 spiro atoms. The molecule has 1 N–H and O–H groups in total. The molecule has 0 aliphatic heterocycles. The Kier molecular flexibility index (Phi) is 4.00. The number of rotatable bonds is 5. The van der Waals surface area contributed by atoms with Gasteiger partial charge in [0.25, 0.3) is 0 Å². The number of sulfone groups is 1. The maximum atomic E-state index is 12.2. The summed E-state index contributed by atoms with van der Waals surface area (Å²) in [6.45, 7) is 3.91. The van der Waals surface area contributed by atoms with Gasteiger partial charge < -0.3 is 5.32 Å². The summed E-state index contributed by atoms with van der Waals surface area (Å²) in [4.78, 5) is 0.447. The Hall–Kier alpha value is -1.03. The Morgan fingerprint density at radius 2 is 2.00 bits per heavy atom. The molecule has 4 atom stereocenters. The van der Waals surface area contributed by atoms with Gasteiger partial charge >= 0.3 is 0 Å². The number of nitrogens with one attached hydrogen (secondary N) is 1. The highest BCUT2D eigenvalue weighted by Crippen LogP contribution is 2.50. The fourth-order valence-electron chi connectivity index (χ4n) is 4.27. The molecule has 1 aromatic carbocycles. The lowest BCUT2D eigenvalue weighted by molar-refractivity contribution is 0.304. The molecule has 2 aliphatic rings. The topological polar surface area (TPSA) is 46.2 Å². The molecule has 116 valence electrons. The van der Waals surface area contributed by atoms with Gasteiger partial charge in [-0.3, -0.25) is 0 Å². The number of hydrogen-bond donors (Lipinski definition) is 1. The van der Waals surface area contributed by atoms with E-state index in [2.05, 4.69) is 12.2 Å². The van der Waals surface area contributed by atoms with Crippen molar-refractivity contribution in [2.45, 2.75) is 50.5 Å². The highest BCUT2D eigenvalue weighted by Gasteiger charge is 2.41. The Morgan fingerprint density at radius 3 is 2.62 bits per heavy atom. The Bertz CT molecular complexity index is 611. The summed E-state index contributed by atoms with van der Waals surface area (Å²) in [6.07, 6.45) is 5.44. The third-order valence-electron chi connectivity index (χ3n) is 5.42. The van der Waals surface area contributed by atoms with E-state index in [-0.39, 0.29) is 5.75 Å². The van der Waals surface area contributed by atoms with Crippen LogP contribution in [0.2, 0.25) is 0 Å². The van der Waals surface area contributed by atoms with Crippen molar-refractivity contribution < 1.29 is 8.42 Å². The van der Waals surface area contributed by atoms with Crippen LogP contribution in [0.5, 0.6) is 0 Å². The minimum absolute atomic E-state index is 0.147. The van der Waals surface area contributed by atoms with Crippen LogP contribution < -0.4 is 5.32 Å². The van der Waals surface area contributed by atoms with Crippen LogP contribution in [0.3, 0.4) is 0 Å². The van der Waals surface area contributed by atoms with Gasteiger partial charge in [0.15, 0.2) is 9.84 Å². The van der Waals surface area contributed by atoms with Crippen molar-refractivity contribution in [2.75, 3.05) is 11.1 Å². The molecule has 21 heavy (non-hydrogen) atoms. The molecule has 2 bridgehead atoms. The van der Waals surface area contributed by atoms with Crippen molar-refractivity contribution in [3.8, 4) is 0 Å². The zero-order valence-corrected chi connectivity index (χ0v) is 13.7. The summed E-state index contributed by atoms with van der Waals surface area (Å²) in [5.41, 5.74) is 0.773. The zero-order valence-electron chi connectivity index (χ0n) is 12.9. The first-order valence-electron chi connectivity index (χ1n) is 8.09. The number of fused-ring (bicyclic) bond motifs is 2. The van der Waals surface area contributed by atoms with E-state index in [9.17, 15) is 8.42 Å². The van der Waals surface area contributed by atoms with Crippen molar-refractivity contribution in [3.63, 3.8) is 0 Å². The number of anilines is 1. The SMILES string of the molecule is CCS(=O)(=O)c1ccccc1NC(C)C1CC2CCC1C2. The van der Waals surface area contributed by atoms with Gasteiger partial charge in [-0.25, -0.2) is 8.42 Å². The van der Waals surface area contributed by atoms with E-state index in [1.54, 1.807) is 19.1 Å². The minimum Gasteiger partial charge on any atom is -0.381 e. The van der Waals surface area contributed by atoms with Gasteiger partial charge in [0.2, 0.25) is 0 Å².